The molecule has 1 aliphatic rings. The van der Waals surface area contributed by atoms with Crippen molar-refractivity contribution >= 4 is 33.2 Å². The highest BCUT2D eigenvalue weighted by atomic mass is 32.2. The number of hydrogen-bond acceptors (Lipinski definition) is 7. The van der Waals surface area contributed by atoms with Crippen LogP contribution in [0.5, 0.6) is 0 Å². The van der Waals surface area contributed by atoms with E-state index >= 15 is 0 Å². The summed E-state index contributed by atoms with van der Waals surface area (Å²) in [5.41, 5.74) is 0.853. The molecule has 1 heterocycles. The first-order chi connectivity index (χ1) is 13.7. The standard InChI is InChI=1S/C21H21NO5S2/c1-3-17(23)21-18(24)10-14(11-19(21)25)13-4-6-15(7-5-13)28-20-9-8-16(12-22-20)29(2,26)27/h4-9,12,14,23H,3,10-11H2,1-2H3. The van der Waals surface area contributed by atoms with Crippen molar-refractivity contribution in [2.24, 2.45) is 0 Å². The Balaban J connectivity index is 1.71. The molecule has 29 heavy (non-hydrogen) atoms. The van der Waals surface area contributed by atoms with Crippen molar-refractivity contribution in [1.29, 1.82) is 0 Å². The van der Waals surface area contributed by atoms with Gasteiger partial charge < -0.3 is 5.11 Å². The summed E-state index contributed by atoms with van der Waals surface area (Å²) in [6.07, 6.45) is 3.14. The Hall–Kier alpha value is -2.45. The molecule has 0 unspecified atom stereocenters. The molecular formula is C21H21NO5S2. The van der Waals surface area contributed by atoms with Crippen molar-refractivity contribution in [2.45, 2.75) is 46.9 Å². The van der Waals surface area contributed by atoms with Crippen LogP contribution in [-0.4, -0.2) is 36.3 Å². The van der Waals surface area contributed by atoms with Gasteiger partial charge in [-0.1, -0.05) is 30.8 Å². The minimum absolute atomic E-state index is 0.0421. The van der Waals surface area contributed by atoms with Crippen LogP contribution in [0.3, 0.4) is 0 Å². The smallest absolute Gasteiger partial charge is 0.177 e. The van der Waals surface area contributed by atoms with Gasteiger partial charge in [-0.2, -0.15) is 0 Å². The summed E-state index contributed by atoms with van der Waals surface area (Å²) in [6, 6.07) is 10.7. The zero-order valence-electron chi connectivity index (χ0n) is 16.1. The molecule has 0 atom stereocenters. The second kappa shape index (κ2) is 8.51. The Morgan fingerprint density at radius 2 is 1.72 bits per heavy atom. The fraction of sp³-hybridized carbons (Fsp3) is 0.286. The van der Waals surface area contributed by atoms with Crippen molar-refractivity contribution in [3.8, 4) is 0 Å². The first-order valence-electron chi connectivity index (χ1n) is 9.11. The van der Waals surface area contributed by atoms with E-state index in [1.165, 1.54) is 24.0 Å². The maximum Gasteiger partial charge on any atom is 0.177 e. The van der Waals surface area contributed by atoms with Gasteiger partial charge in [0.05, 0.1) is 10.5 Å². The number of Topliss-reactive ketones (excluding diaryl/α,β-unsaturated/α-hetero) is 2. The number of nitrogens with zero attached hydrogens (tertiary/aromatic N) is 1. The number of hydrogen-bond donors (Lipinski definition) is 1. The van der Waals surface area contributed by atoms with Crippen LogP contribution in [0.4, 0.5) is 0 Å². The predicted molar refractivity (Wildman–Crippen MR) is 110 cm³/mol. The Kier molecular flexibility index (Phi) is 6.24. The second-order valence-electron chi connectivity index (χ2n) is 6.90. The van der Waals surface area contributed by atoms with E-state index in [1.54, 1.807) is 13.0 Å². The molecule has 8 heteroatoms. The number of benzene rings is 1. The zero-order chi connectivity index (χ0) is 21.2. The van der Waals surface area contributed by atoms with E-state index in [0.29, 0.717) is 5.03 Å². The lowest BCUT2D eigenvalue weighted by atomic mass is 9.79. The monoisotopic (exact) mass is 431 g/mol. The van der Waals surface area contributed by atoms with Crippen molar-refractivity contribution in [3.05, 3.63) is 59.5 Å². The molecule has 2 aromatic rings. The molecule has 3 rings (SSSR count). The summed E-state index contributed by atoms with van der Waals surface area (Å²) in [5, 5.41) is 10.5. The highest BCUT2D eigenvalue weighted by Crippen LogP contribution is 2.34. The summed E-state index contributed by atoms with van der Waals surface area (Å²) < 4.78 is 23.0. The molecule has 1 saturated carbocycles. The van der Waals surface area contributed by atoms with Crippen LogP contribution in [0.2, 0.25) is 0 Å². The van der Waals surface area contributed by atoms with Crippen LogP contribution in [0.1, 0.15) is 37.7 Å². The molecule has 1 aromatic carbocycles. The normalized spacial score (nSPS) is 17.4. The predicted octanol–water partition coefficient (Wildman–Crippen LogP) is 3.87. The van der Waals surface area contributed by atoms with E-state index in [4.69, 9.17) is 0 Å². The van der Waals surface area contributed by atoms with Crippen LogP contribution < -0.4 is 0 Å². The van der Waals surface area contributed by atoms with Crippen LogP contribution in [0, 0.1) is 0 Å². The minimum atomic E-state index is -3.28. The molecule has 0 bridgehead atoms. The number of pyridine rings is 1. The van der Waals surface area contributed by atoms with Gasteiger partial charge in [0.25, 0.3) is 0 Å². The van der Waals surface area contributed by atoms with Crippen molar-refractivity contribution in [1.82, 2.24) is 4.98 Å². The van der Waals surface area contributed by atoms with Gasteiger partial charge in [0, 0.05) is 36.6 Å². The lowest BCUT2D eigenvalue weighted by Crippen LogP contribution is -2.26. The number of aliphatic hydroxyl groups excluding tert-OH is 1. The molecule has 1 fully saturated rings. The largest absolute Gasteiger partial charge is 0.511 e. The van der Waals surface area contributed by atoms with Gasteiger partial charge >= 0.3 is 0 Å². The molecule has 0 spiro atoms. The lowest BCUT2D eigenvalue weighted by Gasteiger charge is -2.23. The SMILES string of the molecule is CCC(O)=C1C(=O)CC(c2ccc(Sc3ccc(S(C)(=O)=O)cn3)cc2)CC1=O. The van der Waals surface area contributed by atoms with Crippen LogP contribution in [0.15, 0.2) is 68.7 Å². The lowest BCUT2D eigenvalue weighted by molar-refractivity contribution is -0.124. The Labute approximate surface area is 174 Å². The molecule has 1 N–H and O–H groups in total. The summed E-state index contributed by atoms with van der Waals surface area (Å²) >= 11 is 1.39. The Bertz CT molecular complexity index is 1050. The van der Waals surface area contributed by atoms with E-state index < -0.39 is 9.84 Å². The number of rotatable bonds is 5. The minimum Gasteiger partial charge on any atom is -0.511 e. The third-order valence-electron chi connectivity index (χ3n) is 4.76. The summed E-state index contributed by atoms with van der Waals surface area (Å²) in [7, 11) is -3.28. The molecular weight excluding hydrogens is 410 g/mol. The van der Waals surface area contributed by atoms with Crippen LogP contribution >= 0.6 is 11.8 Å². The quantitative estimate of drug-likeness (QED) is 0.435. The van der Waals surface area contributed by atoms with E-state index in [9.17, 15) is 23.1 Å². The number of aliphatic hydroxyl groups is 1. The van der Waals surface area contributed by atoms with E-state index in [2.05, 4.69) is 4.98 Å². The summed E-state index contributed by atoms with van der Waals surface area (Å²) in [5.74, 6) is -0.937. The highest BCUT2D eigenvalue weighted by Gasteiger charge is 2.33. The average molecular weight is 432 g/mol. The maximum absolute atomic E-state index is 12.3. The van der Waals surface area contributed by atoms with E-state index in [0.717, 1.165) is 16.7 Å². The van der Waals surface area contributed by atoms with Crippen molar-refractivity contribution in [3.63, 3.8) is 0 Å². The first kappa shape index (κ1) is 21.3. The molecule has 1 aromatic heterocycles. The number of carbonyl (C=O) groups excluding carboxylic acids is 2. The molecule has 0 radical (unpaired) electrons. The number of carbonyl (C=O) groups is 2. The number of allylic oxidation sites excluding steroid dienone is 2. The topological polar surface area (TPSA) is 101 Å². The van der Waals surface area contributed by atoms with Crippen molar-refractivity contribution in [2.75, 3.05) is 6.26 Å². The van der Waals surface area contributed by atoms with Gasteiger partial charge in [-0.25, -0.2) is 13.4 Å². The van der Waals surface area contributed by atoms with Gasteiger partial charge in [-0.3, -0.25) is 9.59 Å². The van der Waals surface area contributed by atoms with E-state index in [1.807, 2.05) is 24.3 Å². The molecule has 1 aliphatic carbocycles. The third kappa shape index (κ3) is 4.94. The first-order valence-corrected chi connectivity index (χ1v) is 11.8. The van der Waals surface area contributed by atoms with Gasteiger partial charge in [-0.15, -0.1) is 0 Å². The fourth-order valence-electron chi connectivity index (χ4n) is 3.19. The number of aromatic nitrogens is 1. The van der Waals surface area contributed by atoms with Crippen LogP contribution in [-0.2, 0) is 19.4 Å². The molecule has 6 nitrogen and oxygen atoms in total. The van der Waals surface area contributed by atoms with E-state index in [-0.39, 0.29) is 53.0 Å². The summed E-state index contributed by atoms with van der Waals surface area (Å²) in [4.78, 5) is 29.9. The Morgan fingerprint density at radius 1 is 1.10 bits per heavy atom. The van der Waals surface area contributed by atoms with Crippen molar-refractivity contribution < 1.29 is 23.1 Å². The van der Waals surface area contributed by atoms with Gasteiger partial charge in [-0.05, 0) is 35.7 Å². The third-order valence-corrected chi connectivity index (χ3v) is 6.81. The van der Waals surface area contributed by atoms with Gasteiger partial charge in [0.15, 0.2) is 21.4 Å². The Morgan fingerprint density at radius 3 is 2.21 bits per heavy atom. The highest BCUT2D eigenvalue weighted by molar-refractivity contribution is 7.99. The second-order valence-corrected chi connectivity index (χ2v) is 10.0. The number of sulfone groups is 1. The van der Waals surface area contributed by atoms with Crippen LogP contribution in [0.25, 0.3) is 0 Å². The van der Waals surface area contributed by atoms with Gasteiger partial charge in [0.2, 0.25) is 0 Å². The maximum atomic E-state index is 12.3. The average Bonchev–Trinajstić information content (AvgIpc) is 2.67. The van der Waals surface area contributed by atoms with Gasteiger partial charge in [0.1, 0.15) is 10.8 Å². The fourth-order valence-corrected chi connectivity index (χ4v) is 4.50. The molecule has 152 valence electrons. The zero-order valence-corrected chi connectivity index (χ0v) is 17.7. The molecule has 0 aliphatic heterocycles. The molecule has 0 amide bonds. The summed E-state index contributed by atoms with van der Waals surface area (Å²) in [6.45, 7) is 1.70. The number of ketones is 2. The molecule has 0 saturated heterocycles.